The summed E-state index contributed by atoms with van der Waals surface area (Å²) in [5.41, 5.74) is 3.25. The lowest BCUT2D eigenvalue weighted by Gasteiger charge is -2.10. The predicted molar refractivity (Wildman–Crippen MR) is 90.9 cm³/mol. The number of carbonyl (C=O) groups excluding carboxylic acids is 1. The molecule has 0 saturated heterocycles. The van der Waals surface area contributed by atoms with Gasteiger partial charge in [0.25, 0.3) is 5.91 Å². The highest BCUT2D eigenvalue weighted by molar-refractivity contribution is 6.30. The molecule has 1 heterocycles. The van der Waals surface area contributed by atoms with E-state index < -0.39 is 0 Å². The van der Waals surface area contributed by atoms with Gasteiger partial charge < -0.3 is 10.6 Å². The molecule has 0 spiro atoms. The van der Waals surface area contributed by atoms with Gasteiger partial charge in [-0.2, -0.15) is 0 Å². The first-order valence-corrected chi connectivity index (χ1v) is 7.75. The zero-order valence-electron chi connectivity index (χ0n) is 12.8. The summed E-state index contributed by atoms with van der Waals surface area (Å²) in [6, 6.07) is 9.21. The number of nitrogens with zero attached hydrogens (tertiary/aromatic N) is 1. The summed E-state index contributed by atoms with van der Waals surface area (Å²) in [4.78, 5) is 16.1. The van der Waals surface area contributed by atoms with Crippen molar-refractivity contribution in [3.05, 3.63) is 52.8 Å². The van der Waals surface area contributed by atoms with E-state index in [0.717, 1.165) is 29.8 Å². The zero-order valence-corrected chi connectivity index (χ0v) is 13.6. The van der Waals surface area contributed by atoms with Crippen molar-refractivity contribution in [1.82, 2.24) is 10.3 Å². The molecule has 0 bridgehead atoms. The van der Waals surface area contributed by atoms with Crippen LogP contribution in [0.15, 0.2) is 36.5 Å². The van der Waals surface area contributed by atoms with Gasteiger partial charge in [0.2, 0.25) is 0 Å². The first-order chi connectivity index (χ1) is 10.6. The van der Waals surface area contributed by atoms with Crippen molar-refractivity contribution in [1.29, 1.82) is 0 Å². The minimum atomic E-state index is -0.140. The number of aryl methyl sites for hydroxylation is 1. The van der Waals surface area contributed by atoms with Gasteiger partial charge in [-0.15, -0.1) is 0 Å². The highest BCUT2D eigenvalue weighted by Gasteiger charge is 2.07. The molecular formula is C17H20ClN3O. The van der Waals surface area contributed by atoms with Crippen molar-refractivity contribution in [2.75, 3.05) is 11.9 Å². The fourth-order valence-electron chi connectivity index (χ4n) is 1.96. The second kappa shape index (κ2) is 7.80. The highest BCUT2D eigenvalue weighted by Crippen LogP contribution is 2.23. The second-order valence-electron chi connectivity index (χ2n) is 5.13. The maximum absolute atomic E-state index is 11.9. The number of anilines is 2. The number of halogens is 1. The van der Waals surface area contributed by atoms with Crippen LogP contribution in [0.5, 0.6) is 0 Å². The number of aromatic nitrogens is 1. The van der Waals surface area contributed by atoms with Crippen LogP contribution in [0.3, 0.4) is 0 Å². The Balaban J connectivity index is 2.02. The number of pyridine rings is 1. The average molecular weight is 318 g/mol. The third-order valence-corrected chi connectivity index (χ3v) is 3.53. The maximum atomic E-state index is 11.9. The molecule has 0 atom stereocenters. The lowest BCUT2D eigenvalue weighted by molar-refractivity contribution is 0.0948. The summed E-state index contributed by atoms with van der Waals surface area (Å²) in [5.74, 6) is -0.140. The molecule has 5 heteroatoms. The van der Waals surface area contributed by atoms with Crippen LogP contribution in [0.2, 0.25) is 5.02 Å². The molecule has 4 nitrogen and oxygen atoms in total. The van der Waals surface area contributed by atoms with E-state index in [4.69, 9.17) is 11.6 Å². The molecule has 2 N–H and O–H groups in total. The number of hydrogen-bond acceptors (Lipinski definition) is 3. The summed E-state index contributed by atoms with van der Waals surface area (Å²) in [6.45, 7) is 4.77. The number of nitrogens with one attached hydrogen (secondary N) is 2. The molecule has 2 aromatic rings. The van der Waals surface area contributed by atoms with Crippen LogP contribution >= 0.6 is 11.6 Å². The molecule has 0 saturated carbocycles. The molecule has 1 aromatic heterocycles. The van der Waals surface area contributed by atoms with Gasteiger partial charge in [-0.1, -0.05) is 31.0 Å². The molecule has 0 unspecified atom stereocenters. The molecule has 0 aliphatic carbocycles. The Bertz CT molecular complexity index is 641. The molecule has 0 aliphatic heterocycles. The van der Waals surface area contributed by atoms with Crippen molar-refractivity contribution in [2.45, 2.75) is 26.7 Å². The monoisotopic (exact) mass is 317 g/mol. The Morgan fingerprint density at radius 3 is 2.77 bits per heavy atom. The van der Waals surface area contributed by atoms with Crippen LogP contribution in [0, 0.1) is 6.92 Å². The largest absolute Gasteiger partial charge is 0.354 e. The molecule has 1 amide bonds. The van der Waals surface area contributed by atoms with Gasteiger partial charge in [0, 0.05) is 17.3 Å². The van der Waals surface area contributed by atoms with E-state index in [1.165, 1.54) is 0 Å². The Morgan fingerprint density at radius 2 is 2.09 bits per heavy atom. The van der Waals surface area contributed by atoms with Crippen molar-refractivity contribution >= 4 is 28.9 Å². The van der Waals surface area contributed by atoms with Gasteiger partial charge in [-0.05, 0) is 43.2 Å². The van der Waals surface area contributed by atoms with Gasteiger partial charge in [-0.3, -0.25) is 4.79 Å². The third kappa shape index (κ3) is 4.46. The summed E-state index contributed by atoms with van der Waals surface area (Å²) >= 11 is 6.00. The molecule has 1 aromatic carbocycles. The predicted octanol–water partition coefficient (Wildman–Crippen LogP) is 4.32. The van der Waals surface area contributed by atoms with Crippen LogP contribution in [-0.4, -0.2) is 17.4 Å². The lowest BCUT2D eigenvalue weighted by Crippen LogP contribution is -2.25. The van der Waals surface area contributed by atoms with E-state index in [-0.39, 0.29) is 5.91 Å². The van der Waals surface area contributed by atoms with E-state index in [1.807, 2.05) is 31.2 Å². The average Bonchev–Trinajstić information content (AvgIpc) is 2.52. The molecule has 0 aliphatic rings. The van der Waals surface area contributed by atoms with Crippen LogP contribution in [-0.2, 0) is 0 Å². The summed E-state index contributed by atoms with van der Waals surface area (Å²) in [6.07, 6.45) is 3.67. The van der Waals surface area contributed by atoms with Gasteiger partial charge in [0.05, 0.1) is 11.9 Å². The Kier molecular flexibility index (Phi) is 5.78. The minimum Gasteiger partial charge on any atom is -0.354 e. The third-order valence-electron chi connectivity index (χ3n) is 3.29. The Morgan fingerprint density at radius 1 is 1.27 bits per heavy atom. The van der Waals surface area contributed by atoms with Crippen LogP contribution in [0.25, 0.3) is 0 Å². The standard InChI is InChI=1S/C17H20ClN3O/c1-3-4-9-19-17(22)15-8-7-14(11-20-15)21-16-10-13(18)6-5-12(16)2/h5-8,10-11,21H,3-4,9H2,1-2H3,(H,19,22). The van der Waals surface area contributed by atoms with Crippen molar-refractivity contribution in [3.63, 3.8) is 0 Å². The van der Waals surface area contributed by atoms with E-state index >= 15 is 0 Å². The lowest BCUT2D eigenvalue weighted by atomic mass is 10.2. The molecular weight excluding hydrogens is 298 g/mol. The number of unbranched alkanes of at least 4 members (excludes halogenated alkanes) is 1. The number of rotatable bonds is 6. The molecule has 116 valence electrons. The van der Waals surface area contributed by atoms with Gasteiger partial charge in [-0.25, -0.2) is 4.98 Å². The first kappa shape index (κ1) is 16.3. The SMILES string of the molecule is CCCCNC(=O)c1ccc(Nc2cc(Cl)ccc2C)cn1. The number of amides is 1. The number of hydrogen-bond donors (Lipinski definition) is 2. The van der Waals surface area contributed by atoms with Crippen LogP contribution in [0.1, 0.15) is 35.8 Å². The Labute approximate surface area is 135 Å². The van der Waals surface area contributed by atoms with E-state index in [9.17, 15) is 4.79 Å². The van der Waals surface area contributed by atoms with E-state index in [0.29, 0.717) is 17.3 Å². The molecule has 0 fully saturated rings. The fraction of sp³-hybridized carbons (Fsp3) is 0.294. The van der Waals surface area contributed by atoms with Gasteiger partial charge in [0.15, 0.2) is 0 Å². The van der Waals surface area contributed by atoms with Crippen molar-refractivity contribution in [2.24, 2.45) is 0 Å². The van der Waals surface area contributed by atoms with Crippen molar-refractivity contribution in [3.8, 4) is 0 Å². The smallest absolute Gasteiger partial charge is 0.269 e. The van der Waals surface area contributed by atoms with Crippen LogP contribution < -0.4 is 10.6 Å². The maximum Gasteiger partial charge on any atom is 0.269 e. The highest BCUT2D eigenvalue weighted by atomic mass is 35.5. The topological polar surface area (TPSA) is 54.0 Å². The quantitative estimate of drug-likeness (QED) is 0.780. The van der Waals surface area contributed by atoms with E-state index in [1.54, 1.807) is 12.3 Å². The van der Waals surface area contributed by atoms with Crippen LogP contribution in [0.4, 0.5) is 11.4 Å². The van der Waals surface area contributed by atoms with Gasteiger partial charge >= 0.3 is 0 Å². The van der Waals surface area contributed by atoms with E-state index in [2.05, 4.69) is 22.5 Å². The summed E-state index contributed by atoms with van der Waals surface area (Å²) in [7, 11) is 0. The summed E-state index contributed by atoms with van der Waals surface area (Å²) < 4.78 is 0. The normalized spacial score (nSPS) is 10.3. The zero-order chi connectivity index (χ0) is 15.9. The molecule has 0 radical (unpaired) electrons. The molecule has 22 heavy (non-hydrogen) atoms. The fourth-order valence-corrected chi connectivity index (χ4v) is 2.13. The minimum absolute atomic E-state index is 0.140. The number of carbonyl (C=O) groups is 1. The Hall–Kier alpha value is -2.07. The van der Waals surface area contributed by atoms with Crippen molar-refractivity contribution < 1.29 is 4.79 Å². The molecule has 2 rings (SSSR count). The van der Waals surface area contributed by atoms with Gasteiger partial charge in [0.1, 0.15) is 5.69 Å². The second-order valence-corrected chi connectivity index (χ2v) is 5.56. The number of benzene rings is 1. The summed E-state index contributed by atoms with van der Waals surface area (Å²) in [5, 5.41) is 6.77. The first-order valence-electron chi connectivity index (χ1n) is 7.37.